The zero-order valence-electron chi connectivity index (χ0n) is 20.2. The first kappa shape index (κ1) is 24.8. The van der Waals surface area contributed by atoms with Crippen molar-refractivity contribution in [2.24, 2.45) is 5.92 Å². The summed E-state index contributed by atoms with van der Waals surface area (Å²) in [6, 6.07) is 15.9. The first-order chi connectivity index (χ1) is 17.0. The highest BCUT2D eigenvalue weighted by molar-refractivity contribution is 5.80. The molecule has 2 aromatic carbocycles. The van der Waals surface area contributed by atoms with Crippen molar-refractivity contribution < 1.29 is 24.2 Å². The minimum Gasteiger partial charge on any atom is -0.481 e. The van der Waals surface area contributed by atoms with Crippen molar-refractivity contribution in [2.75, 3.05) is 6.61 Å². The maximum Gasteiger partial charge on any atom is 0.407 e. The number of fused-ring (bicyclic) bond motifs is 3. The number of carbonyl (C=O) groups is 3. The first-order valence-electron chi connectivity index (χ1n) is 12.6. The Balaban J connectivity index is 1.32. The molecule has 7 heteroatoms. The van der Waals surface area contributed by atoms with Crippen molar-refractivity contribution in [3.8, 4) is 11.1 Å². The van der Waals surface area contributed by atoms with Gasteiger partial charge < -0.3 is 20.5 Å². The minimum atomic E-state index is -0.806. The summed E-state index contributed by atoms with van der Waals surface area (Å²) >= 11 is 0. The summed E-state index contributed by atoms with van der Waals surface area (Å²) in [5.74, 6) is -1.38. The van der Waals surface area contributed by atoms with Crippen LogP contribution in [0, 0.1) is 5.92 Å². The van der Waals surface area contributed by atoms with Gasteiger partial charge in [0.1, 0.15) is 6.61 Å². The number of ether oxygens (including phenoxy) is 1. The standard InChI is InChI=1S/C28H34N2O5/c1-2-3-8-19(16-26(31)29-20-14-13-18(15-20)27(32)33)30-28(34)35-17-25-23-11-6-4-9-21(23)22-10-5-7-12-24(22)25/h4-7,9-12,18-20,25H,2-3,8,13-17H2,1H3,(H,29,31)(H,30,34)(H,32,33)/t18-,19?,20+/m0/s1. The van der Waals surface area contributed by atoms with Crippen LogP contribution in [0.15, 0.2) is 48.5 Å². The van der Waals surface area contributed by atoms with E-state index in [1.807, 2.05) is 24.3 Å². The van der Waals surface area contributed by atoms with Gasteiger partial charge in [-0.25, -0.2) is 4.79 Å². The average molecular weight is 479 g/mol. The summed E-state index contributed by atoms with van der Waals surface area (Å²) in [5, 5.41) is 15.0. The molecule has 0 saturated heterocycles. The van der Waals surface area contributed by atoms with Crippen LogP contribution in [0.3, 0.4) is 0 Å². The Hall–Kier alpha value is -3.35. The number of aliphatic carboxylic acids is 1. The average Bonchev–Trinajstić information content (AvgIpc) is 3.44. The smallest absolute Gasteiger partial charge is 0.407 e. The van der Waals surface area contributed by atoms with Gasteiger partial charge in [-0.3, -0.25) is 9.59 Å². The zero-order chi connectivity index (χ0) is 24.8. The van der Waals surface area contributed by atoms with E-state index in [-0.39, 0.29) is 36.9 Å². The van der Waals surface area contributed by atoms with Gasteiger partial charge in [-0.2, -0.15) is 0 Å². The van der Waals surface area contributed by atoms with E-state index >= 15 is 0 Å². The summed E-state index contributed by atoms with van der Waals surface area (Å²) < 4.78 is 5.66. The predicted octanol–water partition coefficient (Wildman–Crippen LogP) is 4.84. The normalized spacial score (nSPS) is 19.5. The summed E-state index contributed by atoms with van der Waals surface area (Å²) in [7, 11) is 0. The van der Waals surface area contributed by atoms with E-state index in [9.17, 15) is 19.5 Å². The fraction of sp³-hybridized carbons (Fsp3) is 0.464. The summed E-state index contributed by atoms with van der Waals surface area (Å²) in [6.45, 7) is 2.29. The molecule has 3 atom stereocenters. The number of nitrogens with one attached hydrogen (secondary N) is 2. The molecular weight excluding hydrogens is 444 g/mol. The molecule has 2 aliphatic rings. The molecule has 1 fully saturated rings. The van der Waals surface area contributed by atoms with E-state index in [1.54, 1.807) is 0 Å². The Bertz CT molecular complexity index is 1020. The number of carboxylic acid groups (broad SMARTS) is 1. The molecule has 0 spiro atoms. The lowest BCUT2D eigenvalue weighted by molar-refractivity contribution is -0.141. The Kier molecular flexibility index (Phi) is 8.06. The molecular formula is C28H34N2O5. The lowest BCUT2D eigenvalue weighted by Gasteiger charge is -2.21. The molecule has 0 radical (unpaired) electrons. The molecule has 0 aliphatic heterocycles. The van der Waals surface area contributed by atoms with Crippen molar-refractivity contribution in [1.29, 1.82) is 0 Å². The number of rotatable bonds is 10. The number of carboxylic acids is 1. The summed E-state index contributed by atoms with van der Waals surface area (Å²) in [4.78, 5) is 36.5. The van der Waals surface area contributed by atoms with Crippen molar-refractivity contribution in [3.05, 3.63) is 59.7 Å². The lowest BCUT2D eigenvalue weighted by atomic mass is 9.98. The number of carbonyl (C=O) groups excluding carboxylic acids is 2. The molecule has 0 bridgehead atoms. The monoisotopic (exact) mass is 478 g/mol. The summed E-state index contributed by atoms with van der Waals surface area (Å²) in [5.41, 5.74) is 4.65. The Morgan fingerprint density at radius 1 is 1.03 bits per heavy atom. The highest BCUT2D eigenvalue weighted by Gasteiger charge is 2.32. The number of hydrogen-bond donors (Lipinski definition) is 3. The van der Waals surface area contributed by atoms with Crippen LogP contribution in [0.5, 0.6) is 0 Å². The van der Waals surface area contributed by atoms with E-state index in [2.05, 4.69) is 41.8 Å². The lowest BCUT2D eigenvalue weighted by Crippen LogP contribution is -2.42. The van der Waals surface area contributed by atoms with Gasteiger partial charge in [0.25, 0.3) is 0 Å². The van der Waals surface area contributed by atoms with Crippen molar-refractivity contribution in [3.63, 3.8) is 0 Å². The van der Waals surface area contributed by atoms with Crippen LogP contribution in [0.2, 0.25) is 0 Å². The quantitative estimate of drug-likeness (QED) is 0.453. The molecule has 2 aromatic rings. The predicted molar refractivity (Wildman–Crippen MR) is 133 cm³/mol. The second-order valence-electron chi connectivity index (χ2n) is 9.63. The molecule has 0 aromatic heterocycles. The first-order valence-corrected chi connectivity index (χ1v) is 12.6. The molecule has 35 heavy (non-hydrogen) atoms. The van der Waals surface area contributed by atoms with Crippen LogP contribution < -0.4 is 10.6 Å². The van der Waals surface area contributed by atoms with E-state index in [4.69, 9.17) is 4.74 Å². The van der Waals surface area contributed by atoms with Crippen molar-refractivity contribution in [1.82, 2.24) is 10.6 Å². The van der Waals surface area contributed by atoms with Crippen LogP contribution in [0.25, 0.3) is 11.1 Å². The highest BCUT2D eigenvalue weighted by Crippen LogP contribution is 2.44. The molecule has 7 nitrogen and oxygen atoms in total. The van der Waals surface area contributed by atoms with E-state index in [1.165, 1.54) is 11.1 Å². The second-order valence-corrected chi connectivity index (χ2v) is 9.63. The maximum atomic E-state index is 12.7. The van der Waals surface area contributed by atoms with E-state index in [0.717, 1.165) is 24.0 Å². The third-order valence-corrected chi connectivity index (χ3v) is 7.15. The maximum absolute atomic E-state index is 12.7. The number of hydrogen-bond acceptors (Lipinski definition) is 4. The van der Waals surface area contributed by atoms with Crippen LogP contribution >= 0.6 is 0 Å². The van der Waals surface area contributed by atoms with Gasteiger partial charge in [-0.05, 0) is 47.9 Å². The van der Waals surface area contributed by atoms with Gasteiger partial charge in [-0.1, -0.05) is 68.3 Å². The topological polar surface area (TPSA) is 105 Å². The zero-order valence-corrected chi connectivity index (χ0v) is 20.2. The third-order valence-electron chi connectivity index (χ3n) is 7.15. The number of alkyl carbamates (subject to hydrolysis) is 1. The number of amides is 2. The number of unbranched alkanes of at least 4 members (excludes halogenated alkanes) is 1. The van der Waals surface area contributed by atoms with Crippen molar-refractivity contribution >= 4 is 18.0 Å². The third kappa shape index (κ3) is 6.02. The second kappa shape index (κ2) is 11.4. The molecule has 4 rings (SSSR count). The van der Waals surface area contributed by atoms with E-state index < -0.39 is 18.0 Å². The van der Waals surface area contributed by atoms with Crippen LogP contribution in [-0.2, 0) is 14.3 Å². The van der Waals surface area contributed by atoms with Crippen LogP contribution in [0.4, 0.5) is 4.79 Å². The molecule has 1 saturated carbocycles. The molecule has 2 amide bonds. The van der Waals surface area contributed by atoms with Gasteiger partial charge in [0.15, 0.2) is 0 Å². The Morgan fingerprint density at radius 3 is 2.29 bits per heavy atom. The molecule has 1 unspecified atom stereocenters. The van der Waals surface area contributed by atoms with Gasteiger partial charge in [0.05, 0.1) is 5.92 Å². The van der Waals surface area contributed by atoms with Crippen LogP contribution in [0.1, 0.15) is 68.9 Å². The molecule has 3 N–H and O–H groups in total. The fourth-order valence-corrected chi connectivity index (χ4v) is 5.33. The van der Waals surface area contributed by atoms with Crippen LogP contribution in [-0.4, -0.2) is 41.8 Å². The van der Waals surface area contributed by atoms with Gasteiger partial charge in [-0.15, -0.1) is 0 Å². The Morgan fingerprint density at radius 2 is 1.69 bits per heavy atom. The van der Waals surface area contributed by atoms with Gasteiger partial charge >= 0.3 is 12.1 Å². The fourth-order valence-electron chi connectivity index (χ4n) is 5.33. The molecule has 186 valence electrons. The van der Waals surface area contributed by atoms with Gasteiger partial charge in [0.2, 0.25) is 5.91 Å². The highest BCUT2D eigenvalue weighted by atomic mass is 16.5. The SMILES string of the molecule is CCCCC(CC(=O)N[C@@H]1CC[C@H](C(=O)O)C1)NC(=O)OCC1c2ccccc2-c2ccccc21. The van der Waals surface area contributed by atoms with Crippen molar-refractivity contribution in [2.45, 2.75) is 69.9 Å². The van der Waals surface area contributed by atoms with Gasteiger partial charge in [0, 0.05) is 24.4 Å². The number of benzene rings is 2. The summed E-state index contributed by atoms with van der Waals surface area (Å²) in [6.07, 6.45) is 3.85. The molecule has 0 heterocycles. The molecule has 2 aliphatic carbocycles. The Labute approximate surface area is 206 Å². The van der Waals surface area contributed by atoms with E-state index in [0.29, 0.717) is 25.7 Å². The largest absolute Gasteiger partial charge is 0.481 e. The minimum absolute atomic E-state index is 0.0184.